The molecule has 0 bridgehead atoms. The van der Waals surface area contributed by atoms with Crippen LogP contribution < -0.4 is 5.73 Å². The second-order valence-electron chi connectivity index (χ2n) is 2.02. The Hall–Kier alpha value is -0.820. The summed E-state index contributed by atoms with van der Waals surface area (Å²) in [6.07, 6.45) is 0.987. The second-order valence-corrected chi connectivity index (χ2v) is 2.02. The smallest absolute Gasteiger partial charge is 0 e. The van der Waals surface area contributed by atoms with Gasteiger partial charge >= 0.3 is 0 Å². The summed E-state index contributed by atoms with van der Waals surface area (Å²) in [6, 6.07) is 10.3. The van der Waals surface area contributed by atoms with Crippen molar-refractivity contribution in [2.45, 2.75) is 13.8 Å². The molecule has 1 aromatic rings. The zero-order chi connectivity index (χ0) is 6.53. The van der Waals surface area contributed by atoms with E-state index in [0.29, 0.717) is 0 Å². The normalized spacial score (nSPS) is 8.50. The third-order valence-electron chi connectivity index (χ3n) is 1.28. The summed E-state index contributed by atoms with van der Waals surface area (Å²) in [5.41, 5.74) is 6.68. The summed E-state index contributed by atoms with van der Waals surface area (Å²) in [7, 11) is 0. The average Bonchev–Trinajstić information content (AvgIpc) is 1.91. The van der Waals surface area contributed by atoms with Crippen LogP contribution in [0.2, 0.25) is 0 Å². The Morgan fingerprint density at radius 1 is 1.20 bits per heavy atom. The van der Waals surface area contributed by atoms with Crippen molar-refractivity contribution in [3.05, 3.63) is 35.9 Å². The highest BCUT2D eigenvalue weighted by molar-refractivity contribution is 5.14. The summed E-state index contributed by atoms with van der Waals surface area (Å²) in [5, 5.41) is 0. The van der Waals surface area contributed by atoms with Crippen LogP contribution in [0, 0.1) is 0 Å². The van der Waals surface area contributed by atoms with Crippen molar-refractivity contribution in [1.82, 2.24) is 0 Å². The number of nitrogens with two attached hydrogens (primary N) is 1. The Labute approximate surface area is 64.4 Å². The topological polar surface area (TPSA) is 26.0 Å². The predicted molar refractivity (Wildman–Crippen MR) is 48.0 cm³/mol. The van der Waals surface area contributed by atoms with Crippen LogP contribution in [-0.2, 0) is 6.42 Å². The van der Waals surface area contributed by atoms with E-state index in [1.54, 1.807) is 0 Å². The minimum Gasteiger partial charge on any atom is -0.330 e. The van der Waals surface area contributed by atoms with E-state index in [-0.39, 0.29) is 8.85 Å². The fourth-order valence-electron chi connectivity index (χ4n) is 0.811. The lowest BCUT2D eigenvalue weighted by molar-refractivity contribution is 0.969. The van der Waals surface area contributed by atoms with E-state index in [0.717, 1.165) is 13.0 Å². The van der Waals surface area contributed by atoms with E-state index >= 15 is 0 Å². The number of hydrogen-bond donors (Lipinski definition) is 1. The van der Waals surface area contributed by atoms with Crippen molar-refractivity contribution in [3.8, 4) is 0 Å². The minimum atomic E-state index is 0. The molecule has 0 saturated heterocycles. The molecule has 0 saturated carbocycles. The van der Waals surface area contributed by atoms with Crippen LogP contribution in [0.3, 0.4) is 0 Å². The van der Waals surface area contributed by atoms with Gasteiger partial charge in [0.05, 0.1) is 0 Å². The van der Waals surface area contributed by atoms with Gasteiger partial charge in [-0.2, -0.15) is 0 Å². The van der Waals surface area contributed by atoms with Crippen LogP contribution in [-0.4, -0.2) is 6.54 Å². The molecule has 1 aromatic carbocycles. The Balaban J connectivity index is 0. The number of rotatable bonds is 2. The van der Waals surface area contributed by atoms with E-state index in [4.69, 9.17) is 5.73 Å². The summed E-state index contributed by atoms with van der Waals surface area (Å²) < 4.78 is 0. The number of hydrogen-bond acceptors (Lipinski definition) is 1. The first-order valence-electron chi connectivity index (χ1n) is 3.17. The van der Waals surface area contributed by atoms with E-state index in [1.165, 1.54) is 5.56 Å². The first-order valence-corrected chi connectivity index (χ1v) is 3.17. The van der Waals surface area contributed by atoms with Gasteiger partial charge in [-0.05, 0) is 18.5 Å². The maximum atomic E-state index is 5.36. The fraction of sp³-hybridized carbons (Fsp3) is 0.333. The quantitative estimate of drug-likeness (QED) is 0.667. The van der Waals surface area contributed by atoms with Gasteiger partial charge in [0.2, 0.25) is 0 Å². The summed E-state index contributed by atoms with van der Waals surface area (Å²) in [5.74, 6) is 0. The summed E-state index contributed by atoms with van der Waals surface area (Å²) in [4.78, 5) is 0. The van der Waals surface area contributed by atoms with E-state index in [9.17, 15) is 0 Å². The van der Waals surface area contributed by atoms with Crippen molar-refractivity contribution in [2.24, 2.45) is 5.73 Å². The average molecular weight is 139 g/mol. The Morgan fingerprint density at radius 2 is 1.80 bits per heavy atom. The molecular weight excluding hydrogens is 122 g/mol. The molecule has 0 aliphatic heterocycles. The van der Waals surface area contributed by atoms with E-state index < -0.39 is 0 Å². The van der Waals surface area contributed by atoms with Crippen LogP contribution in [0.1, 0.15) is 14.4 Å². The van der Waals surface area contributed by atoms with Gasteiger partial charge in [-0.1, -0.05) is 37.8 Å². The third kappa shape index (κ3) is 2.65. The zero-order valence-electron chi connectivity index (χ0n) is 5.38. The second kappa shape index (κ2) is 5.00. The summed E-state index contributed by atoms with van der Waals surface area (Å²) in [6.45, 7) is 0.740. The third-order valence-corrected chi connectivity index (χ3v) is 1.28. The first kappa shape index (κ1) is 9.18. The van der Waals surface area contributed by atoms with E-state index in [2.05, 4.69) is 12.1 Å². The largest absolute Gasteiger partial charge is 0.330 e. The van der Waals surface area contributed by atoms with Crippen LogP contribution in [0.4, 0.5) is 0 Å². The van der Waals surface area contributed by atoms with Crippen molar-refractivity contribution in [3.63, 3.8) is 0 Å². The summed E-state index contributed by atoms with van der Waals surface area (Å²) >= 11 is 0. The molecule has 0 radical (unpaired) electrons. The molecule has 0 atom stereocenters. The minimum absolute atomic E-state index is 0. The first-order chi connectivity index (χ1) is 4.43. The van der Waals surface area contributed by atoms with Crippen molar-refractivity contribution < 1.29 is 1.43 Å². The van der Waals surface area contributed by atoms with Gasteiger partial charge < -0.3 is 5.73 Å². The molecule has 58 valence electrons. The maximum Gasteiger partial charge on any atom is 0 e. The van der Waals surface area contributed by atoms with Crippen LogP contribution in [0.5, 0.6) is 0 Å². The molecule has 0 aliphatic carbocycles. The Kier molecular flexibility index (Phi) is 4.59. The molecule has 0 amide bonds. The van der Waals surface area contributed by atoms with Gasteiger partial charge in [0, 0.05) is 1.43 Å². The monoisotopic (exact) mass is 139 g/mol. The maximum absolute atomic E-state index is 5.36. The highest BCUT2D eigenvalue weighted by Crippen LogP contribution is 1.96. The standard InChI is InChI=1S/C8H11N.CH4.H2/c9-7-6-8-4-2-1-3-5-8;;/h1-5H,6-7,9H2;1H4;1H. The van der Waals surface area contributed by atoms with Crippen LogP contribution in [0.15, 0.2) is 30.3 Å². The lowest BCUT2D eigenvalue weighted by Crippen LogP contribution is -2.01. The molecule has 0 fully saturated rings. The van der Waals surface area contributed by atoms with Gasteiger partial charge in [0.15, 0.2) is 0 Å². The van der Waals surface area contributed by atoms with Gasteiger partial charge in [-0.3, -0.25) is 0 Å². The van der Waals surface area contributed by atoms with E-state index in [1.807, 2.05) is 18.2 Å². The van der Waals surface area contributed by atoms with Crippen molar-refractivity contribution >= 4 is 0 Å². The zero-order valence-corrected chi connectivity index (χ0v) is 5.38. The molecule has 2 N–H and O–H groups in total. The fourth-order valence-corrected chi connectivity index (χ4v) is 0.811. The van der Waals surface area contributed by atoms with Crippen molar-refractivity contribution in [1.29, 1.82) is 0 Å². The SMILES string of the molecule is C.NCCc1ccccc1.[HH]. The molecule has 1 heteroatoms. The number of benzene rings is 1. The molecule has 1 rings (SSSR count). The Bertz CT molecular complexity index is 162. The molecule has 1 nitrogen and oxygen atoms in total. The highest BCUT2D eigenvalue weighted by atomic mass is 14.5. The molecule has 0 aromatic heterocycles. The lowest BCUT2D eigenvalue weighted by Gasteiger charge is -1.93. The van der Waals surface area contributed by atoms with Gasteiger partial charge in [-0.25, -0.2) is 0 Å². The Morgan fingerprint density at radius 3 is 2.30 bits per heavy atom. The van der Waals surface area contributed by atoms with Gasteiger partial charge in [0.1, 0.15) is 0 Å². The van der Waals surface area contributed by atoms with Crippen molar-refractivity contribution in [2.75, 3.05) is 6.54 Å². The predicted octanol–water partition coefficient (Wildman–Crippen LogP) is 2.07. The molecular formula is C9H17N. The van der Waals surface area contributed by atoms with Crippen LogP contribution in [0.25, 0.3) is 0 Å². The lowest BCUT2D eigenvalue weighted by atomic mass is 10.2. The molecule has 0 spiro atoms. The van der Waals surface area contributed by atoms with Gasteiger partial charge in [0.25, 0.3) is 0 Å². The molecule has 0 unspecified atom stereocenters. The van der Waals surface area contributed by atoms with Crippen LogP contribution >= 0.6 is 0 Å². The molecule has 0 aliphatic rings. The molecule has 0 heterocycles. The molecule has 10 heavy (non-hydrogen) atoms. The highest BCUT2D eigenvalue weighted by Gasteiger charge is 1.84. The van der Waals surface area contributed by atoms with Gasteiger partial charge in [-0.15, -0.1) is 0 Å².